The van der Waals surface area contributed by atoms with Crippen molar-refractivity contribution in [2.45, 2.75) is 50.1 Å². The molecule has 224 valence electrons. The molecule has 0 radical (unpaired) electrons. The molecule has 0 saturated carbocycles. The first-order valence-electron chi connectivity index (χ1n) is 13.5. The minimum atomic E-state index is -5.08. The highest BCUT2D eigenvalue weighted by Crippen LogP contribution is 2.37. The lowest BCUT2D eigenvalue weighted by Gasteiger charge is -2.40. The van der Waals surface area contributed by atoms with Crippen LogP contribution in [0.25, 0.3) is 10.9 Å². The van der Waals surface area contributed by atoms with Gasteiger partial charge in [0.2, 0.25) is 5.91 Å². The topological polar surface area (TPSA) is 75.2 Å². The highest BCUT2D eigenvalue weighted by molar-refractivity contribution is 5.95. The fourth-order valence-corrected chi connectivity index (χ4v) is 5.41. The van der Waals surface area contributed by atoms with Gasteiger partial charge in [-0.25, -0.2) is 9.97 Å². The van der Waals surface area contributed by atoms with E-state index in [1.807, 2.05) is 30.3 Å². The quantitative estimate of drug-likeness (QED) is 0.266. The van der Waals surface area contributed by atoms with Gasteiger partial charge >= 0.3 is 12.4 Å². The summed E-state index contributed by atoms with van der Waals surface area (Å²) in [6.45, 7) is 0.0231. The number of alkyl halides is 6. The molecule has 1 saturated heterocycles. The Labute approximate surface area is 242 Å². The summed E-state index contributed by atoms with van der Waals surface area (Å²) in [6, 6.07) is 16.2. The molecule has 2 atom stereocenters. The summed E-state index contributed by atoms with van der Waals surface area (Å²) in [6.07, 6.45) is -7.99. The number of carbonyl (C=O) groups excluding carboxylic acids is 2. The number of rotatable bonds is 6. The Morgan fingerprint density at radius 2 is 1.51 bits per heavy atom. The van der Waals surface area contributed by atoms with E-state index in [0.29, 0.717) is 29.8 Å². The summed E-state index contributed by atoms with van der Waals surface area (Å²) in [4.78, 5) is 36.3. The number of piperidine rings is 1. The summed E-state index contributed by atoms with van der Waals surface area (Å²) in [5.74, 6) is -1.24. The van der Waals surface area contributed by atoms with Gasteiger partial charge in [-0.05, 0) is 49.1 Å². The number of amides is 2. The monoisotopic (exact) mass is 600 g/mol. The van der Waals surface area contributed by atoms with E-state index in [-0.39, 0.29) is 43.8 Å². The van der Waals surface area contributed by atoms with Crippen LogP contribution in [0.2, 0.25) is 0 Å². The fraction of sp³-hybridized carbons (Fsp3) is 0.290. The molecule has 0 aliphatic carbocycles. The summed E-state index contributed by atoms with van der Waals surface area (Å²) in [5.41, 5.74) is -1.74. The molecule has 43 heavy (non-hydrogen) atoms. The lowest BCUT2D eigenvalue weighted by molar-refractivity contribution is -0.143. The van der Waals surface area contributed by atoms with Crippen molar-refractivity contribution in [2.24, 2.45) is 0 Å². The average molecular weight is 601 g/mol. The SMILES string of the molecule is O=C(Cc1ncnc2ccccc12)N[C@H]1CCN(C(=O)c2cc(C(F)(F)F)cc(C(F)(F)F)c2)[C@H](Cc2ccccc2)C1. The van der Waals surface area contributed by atoms with E-state index in [4.69, 9.17) is 0 Å². The smallest absolute Gasteiger partial charge is 0.353 e. The van der Waals surface area contributed by atoms with Crippen molar-refractivity contribution in [3.63, 3.8) is 0 Å². The molecular weight excluding hydrogens is 574 g/mol. The van der Waals surface area contributed by atoms with Gasteiger partial charge in [-0.1, -0.05) is 48.5 Å². The van der Waals surface area contributed by atoms with Gasteiger partial charge in [0.25, 0.3) is 5.91 Å². The van der Waals surface area contributed by atoms with Crippen molar-refractivity contribution < 1.29 is 35.9 Å². The zero-order chi connectivity index (χ0) is 30.8. The normalized spacial score (nSPS) is 17.6. The Kier molecular flexibility index (Phi) is 8.38. The molecule has 2 amide bonds. The molecule has 5 rings (SSSR count). The molecule has 2 heterocycles. The van der Waals surface area contributed by atoms with Crippen LogP contribution < -0.4 is 5.32 Å². The Morgan fingerprint density at radius 1 is 0.860 bits per heavy atom. The number of halogens is 6. The zero-order valence-electron chi connectivity index (χ0n) is 22.6. The van der Waals surface area contributed by atoms with Crippen molar-refractivity contribution in [1.29, 1.82) is 0 Å². The molecule has 0 unspecified atom stereocenters. The maximum atomic E-state index is 13.5. The van der Waals surface area contributed by atoms with E-state index in [1.165, 1.54) is 11.2 Å². The van der Waals surface area contributed by atoms with Crippen LogP contribution in [0.15, 0.2) is 79.1 Å². The second-order valence-electron chi connectivity index (χ2n) is 10.4. The standard InChI is InChI=1S/C31H26F6N4O2/c32-30(33,34)21-13-20(14-22(15-21)31(35,36)37)29(43)41-11-10-23(16-24(41)12-19-6-2-1-3-7-19)40-28(42)17-27-25-8-4-5-9-26(25)38-18-39-27/h1-9,13-15,18,23-24H,10-12,16-17H2,(H,40,42)/t23-,24+/m0/s1. The third-order valence-corrected chi connectivity index (χ3v) is 7.44. The zero-order valence-corrected chi connectivity index (χ0v) is 22.6. The first kappa shape index (κ1) is 30.0. The van der Waals surface area contributed by atoms with Crippen LogP contribution in [-0.2, 0) is 30.0 Å². The molecule has 1 fully saturated rings. The molecule has 6 nitrogen and oxygen atoms in total. The van der Waals surface area contributed by atoms with Gasteiger partial charge in [-0.15, -0.1) is 0 Å². The van der Waals surface area contributed by atoms with Crippen molar-refractivity contribution in [3.8, 4) is 0 Å². The predicted octanol–water partition coefficient (Wildman–Crippen LogP) is 6.24. The molecule has 1 aliphatic rings. The van der Waals surface area contributed by atoms with Crippen LogP contribution in [0.5, 0.6) is 0 Å². The highest BCUT2D eigenvalue weighted by atomic mass is 19.4. The molecular formula is C31H26F6N4O2. The van der Waals surface area contributed by atoms with E-state index in [1.54, 1.807) is 24.3 Å². The second-order valence-corrected chi connectivity index (χ2v) is 10.4. The second kappa shape index (κ2) is 12.0. The van der Waals surface area contributed by atoms with Gasteiger partial charge in [-0.2, -0.15) is 26.3 Å². The summed E-state index contributed by atoms with van der Waals surface area (Å²) in [7, 11) is 0. The third-order valence-electron chi connectivity index (χ3n) is 7.44. The number of nitrogens with one attached hydrogen (secondary N) is 1. The first-order valence-corrected chi connectivity index (χ1v) is 13.5. The van der Waals surface area contributed by atoms with Gasteiger partial charge in [0.1, 0.15) is 6.33 Å². The number of hydrogen-bond donors (Lipinski definition) is 1. The molecule has 1 aliphatic heterocycles. The van der Waals surface area contributed by atoms with Gasteiger partial charge in [0.15, 0.2) is 0 Å². The molecule has 1 N–H and O–H groups in total. The maximum absolute atomic E-state index is 13.5. The number of carbonyl (C=O) groups is 2. The lowest BCUT2D eigenvalue weighted by Crippen LogP contribution is -2.53. The summed E-state index contributed by atoms with van der Waals surface area (Å²) in [5, 5.41) is 3.71. The van der Waals surface area contributed by atoms with Gasteiger partial charge < -0.3 is 10.2 Å². The molecule has 3 aromatic carbocycles. The summed E-state index contributed by atoms with van der Waals surface area (Å²) >= 11 is 0. The van der Waals surface area contributed by atoms with E-state index >= 15 is 0 Å². The predicted molar refractivity (Wildman–Crippen MR) is 146 cm³/mol. The van der Waals surface area contributed by atoms with Crippen LogP contribution in [0.3, 0.4) is 0 Å². The van der Waals surface area contributed by atoms with Gasteiger partial charge in [0.05, 0.1) is 28.8 Å². The Balaban J connectivity index is 1.38. The number of fused-ring (bicyclic) bond motifs is 1. The van der Waals surface area contributed by atoms with Gasteiger partial charge in [0, 0.05) is 29.6 Å². The molecule has 0 spiro atoms. The van der Waals surface area contributed by atoms with E-state index in [0.717, 1.165) is 10.9 Å². The largest absolute Gasteiger partial charge is 0.416 e. The van der Waals surface area contributed by atoms with Crippen molar-refractivity contribution >= 4 is 22.7 Å². The van der Waals surface area contributed by atoms with Crippen molar-refractivity contribution in [3.05, 3.63) is 107 Å². The lowest BCUT2D eigenvalue weighted by atomic mass is 9.91. The number of aromatic nitrogens is 2. The van der Waals surface area contributed by atoms with E-state index in [9.17, 15) is 35.9 Å². The number of nitrogens with zero attached hydrogens (tertiary/aromatic N) is 3. The van der Waals surface area contributed by atoms with Crippen molar-refractivity contribution in [2.75, 3.05) is 6.54 Å². The van der Waals surface area contributed by atoms with Crippen LogP contribution in [0.1, 0.15) is 45.6 Å². The van der Waals surface area contributed by atoms with Gasteiger partial charge in [-0.3, -0.25) is 9.59 Å². The molecule has 0 bridgehead atoms. The Hall–Kier alpha value is -4.48. The minimum absolute atomic E-state index is 0.000855. The summed E-state index contributed by atoms with van der Waals surface area (Å²) < 4.78 is 80.9. The van der Waals surface area contributed by atoms with Crippen LogP contribution in [0.4, 0.5) is 26.3 Å². The average Bonchev–Trinajstić information content (AvgIpc) is 2.96. The van der Waals surface area contributed by atoms with Crippen LogP contribution in [-0.4, -0.2) is 45.3 Å². The maximum Gasteiger partial charge on any atom is 0.416 e. The Bertz CT molecular complexity index is 1590. The van der Waals surface area contributed by atoms with Crippen LogP contribution in [0, 0.1) is 0 Å². The van der Waals surface area contributed by atoms with E-state index < -0.39 is 41.0 Å². The van der Waals surface area contributed by atoms with Crippen LogP contribution >= 0.6 is 0 Å². The third kappa shape index (κ3) is 7.12. The van der Waals surface area contributed by atoms with Crippen molar-refractivity contribution in [1.82, 2.24) is 20.2 Å². The number of hydrogen-bond acceptors (Lipinski definition) is 4. The Morgan fingerprint density at radius 3 is 2.19 bits per heavy atom. The number of likely N-dealkylation sites (tertiary alicyclic amines) is 1. The number of para-hydroxylation sites is 1. The first-order chi connectivity index (χ1) is 20.4. The molecule has 4 aromatic rings. The molecule has 12 heteroatoms. The number of benzene rings is 3. The fourth-order valence-electron chi connectivity index (χ4n) is 5.41. The minimum Gasteiger partial charge on any atom is -0.353 e. The van der Waals surface area contributed by atoms with E-state index in [2.05, 4.69) is 15.3 Å². The molecule has 1 aromatic heterocycles. The highest BCUT2D eigenvalue weighted by Gasteiger charge is 2.39.